The van der Waals surface area contributed by atoms with Crippen molar-refractivity contribution in [2.45, 2.75) is 13.5 Å². The third-order valence-corrected chi connectivity index (χ3v) is 2.86. The highest BCUT2D eigenvalue weighted by molar-refractivity contribution is 7.27. The first-order valence-electron chi connectivity index (χ1n) is 4.95. The normalized spacial score (nSPS) is 15.7. The van der Waals surface area contributed by atoms with E-state index in [9.17, 15) is 4.79 Å². The van der Waals surface area contributed by atoms with Gasteiger partial charge in [0.05, 0.1) is 0 Å². The van der Waals surface area contributed by atoms with E-state index in [0.29, 0.717) is 6.54 Å². The van der Waals surface area contributed by atoms with Crippen LogP contribution >= 0.6 is 9.24 Å². The monoisotopic (exact) mass is 219 g/mol. The molecule has 0 aromatic heterocycles. The van der Waals surface area contributed by atoms with E-state index in [2.05, 4.69) is 21.4 Å². The molecule has 0 radical (unpaired) electrons. The van der Waals surface area contributed by atoms with E-state index in [0.717, 1.165) is 12.1 Å². The van der Waals surface area contributed by atoms with Gasteiger partial charge in [-0.1, -0.05) is 24.3 Å². The van der Waals surface area contributed by atoms with Crippen LogP contribution in [-0.4, -0.2) is 17.4 Å². The highest BCUT2D eigenvalue weighted by atomic mass is 31.0. The van der Waals surface area contributed by atoms with Crippen LogP contribution in [0.25, 0.3) is 0 Å². The van der Waals surface area contributed by atoms with E-state index in [1.807, 2.05) is 24.0 Å². The van der Waals surface area contributed by atoms with Crippen molar-refractivity contribution >= 4 is 20.5 Å². The summed E-state index contributed by atoms with van der Waals surface area (Å²) < 4.78 is 0. The number of carbonyl (C=O) groups excluding carboxylic acids is 1. The molecule has 0 bridgehead atoms. The Balaban J connectivity index is 2.04. The van der Waals surface area contributed by atoms with Crippen molar-refractivity contribution in [3.63, 3.8) is 0 Å². The van der Waals surface area contributed by atoms with E-state index in [1.54, 1.807) is 6.08 Å². The van der Waals surface area contributed by atoms with Gasteiger partial charge in [0.1, 0.15) is 0 Å². The maximum atomic E-state index is 11.5. The van der Waals surface area contributed by atoms with Crippen molar-refractivity contribution in [1.82, 2.24) is 4.90 Å². The number of hydrogen-bond donors (Lipinski definition) is 0. The summed E-state index contributed by atoms with van der Waals surface area (Å²) in [5.41, 5.74) is 2.32. The van der Waals surface area contributed by atoms with Crippen molar-refractivity contribution in [2.24, 2.45) is 0 Å². The minimum Gasteiger partial charge on any atom is -0.331 e. The Labute approximate surface area is 92.2 Å². The molecule has 2 nitrogen and oxygen atoms in total. The summed E-state index contributed by atoms with van der Waals surface area (Å²) in [7, 11) is 2.65. The summed E-state index contributed by atoms with van der Waals surface area (Å²) in [6.45, 7) is 3.46. The highest BCUT2D eigenvalue weighted by Crippen LogP contribution is 2.13. The Morgan fingerprint density at radius 3 is 2.53 bits per heavy atom. The maximum absolute atomic E-state index is 11.5. The van der Waals surface area contributed by atoms with Gasteiger partial charge >= 0.3 is 0 Å². The summed E-state index contributed by atoms with van der Waals surface area (Å²) in [5, 5.41) is 1.17. The van der Waals surface area contributed by atoms with Crippen LogP contribution in [-0.2, 0) is 11.3 Å². The SMILES string of the molecule is CC1=CC(=O)N(Cc2ccc(P)cc2)C1. The Hall–Kier alpha value is -1.14. The van der Waals surface area contributed by atoms with Crippen molar-refractivity contribution in [2.75, 3.05) is 6.54 Å². The number of nitrogens with zero attached hydrogens (tertiary/aromatic N) is 1. The molecule has 1 heterocycles. The molecule has 1 aliphatic rings. The summed E-state index contributed by atoms with van der Waals surface area (Å²) in [6, 6.07) is 8.20. The van der Waals surface area contributed by atoms with Gasteiger partial charge in [0, 0.05) is 19.2 Å². The molecule has 1 unspecified atom stereocenters. The minimum atomic E-state index is 0.127. The Morgan fingerprint density at radius 1 is 1.33 bits per heavy atom. The van der Waals surface area contributed by atoms with E-state index in [1.165, 1.54) is 10.9 Å². The second kappa shape index (κ2) is 4.16. The van der Waals surface area contributed by atoms with Crippen LogP contribution in [0, 0.1) is 0 Å². The minimum absolute atomic E-state index is 0.127. The first-order valence-corrected chi connectivity index (χ1v) is 5.53. The van der Waals surface area contributed by atoms with Crippen LogP contribution in [0.2, 0.25) is 0 Å². The molecular formula is C12H14NOP. The average Bonchev–Trinajstić information content (AvgIpc) is 2.49. The number of rotatable bonds is 2. The third-order valence-electron chi connectivity index (χ3n) is 2.47. The van der Waals surface area contributed by atoms with Crippen LogP contribution in [0.3, 0.4) is 0 Å². The third kappa shape index (κ3) is 2.45. The predicted octanol–water partition coefficient (Wildman–Crippen LogP) is 1.48. The van der Waals surface area contributed by atoms with Gasteiger partial charge in [0.2, 0.25) is 5.91 Å². The zero-order valence-corrected chi connectivity index (χ0v) is 9.89. The lowest BCUT2D eigenvalue weighted by Crippen LogP contribution is -2.25. The van der Waals surface area contributed by atoms with E-state index >= 15 is 0 Å². The van der Waals surface area contributed by atoms with Gasteiger partial charge in [0.25, 0.3) is 0 Å². The van der Waals surface area contributed by atoms with Crippen molar-refractivity contribution in [3.05, 3.63) is 41.5 Å². The molecule has 2 rings (SSSR count). The number of carbonyl (C=O) groups is 1. The van der Waals surface area contributed by atoms with E-state index < -0.39 is 0 Å². The van der Waals surface area contributed by atoms with Crippen LogP contribution < -0.4 is 5.30 Å². The zero-order valence-electron chi connectivity index (χ0n) is 8.73. The summed E-state index contributed by atoms with van der Waals surface area (Å²) >= 11 is 0. The van der Waals surface area contributed by atoms with Crippen LogP contribution in [0.1, 0.15) is 12.5 Å². The summed E-state index contributed by atoms with van der Waals surface area (Å²) in [6.07, 6.45) is 1.71. The molecule has 0 spiro atoms. The zero-order chi connectivity index (χ0) is 10.8. The van der Waals surface area contributed by atoms with Gasteiger partial charge < -0.3 is 4.90 Å². The molecule has 1 aromatic carbocycles. The molecule has 1 amide bonds. The second-order valence-electron chi connectivity index (χ2n) is 3.93. The smallest absolute Gasteiger partial charge is 0.247 e. The second-order valence-corrected chi connectivity index (χ2v) is 4.59. The fourth-order valence-electron chi connectivity index (χ4n) is 1.70. The number of benzene rings is 1. The molecule has 0 saturated carbocycles. The summed E-state index contributed by atoms with van der Waals surface area (Å²) in [5.74, 6) is 0.127. The van der Waals surface area contributed by atoms with Crippen LogP contribution in [0.15, 0.2) is 35.9 Å². The Morgan fingerprint density at radius 2 is 2.00 bits per heavy atom. The van der Waals surface area contributed by atoms with Gasteiger partial charge in [-0.3, -0.25) is 4.79 Å². The van der Waals surface area contributed by atoms with E-state index in [4.69, 9.17) is 0 Å². The molecule has 0 aliphatic carbocycles. The summed E-state index contributed by atoms with van der Waals surface area (Å²) in [4.78, 5) is 13.4. The van der Waals surface area contributed by atoms with Gasteiger partial charge in [-0.2, -0.15) is 0 Å². The molecule has 0 fully saturated rings. The lowest BCUT2D eigenvalue weighted by molar-refractivity contribution is -0.125. The largest absolute Gasteiger partial charge is 0.331 e. The lowest BCUT2D eigenvalue weighted by Gasteiger charge is -2.16. The average molecular weight is 219 g/mol. The van der Waals surface area contributed by atoms with Gasteiger partial charge in [-0.25, -0.2) is 0 Å². The molecule has 78 valence electrons. The standard InChI is InChI=1S/C12H14NOP/c1-9-6-12(14)13(7-9)8-10-2-4-11(15)5-3-10/h2-6H,7-8,15H2,1H3. The van der Waals surface area contributed by atoms with E-state index in [-0.39, 0.29) is 5.91 Å². The first-order chi connectivity index (χ1) is 7.15. The van der Waals surface area contributed by atoms with Gasteiger partial charge in [-0.05, 0) is 23.4 Å². The fourth-order valence-corrected chi connectivity index (χ4v) is 1.90. The predicted molar refractivity (Wildman–Crippen MR) is 65.0 cm³/mol. The molecule has 1 aromatic rings. The number of hydrogen-bond acceptors (Lipinski definition) is 1. The molecule has 1 aliphatic heterocycles. The van der Waals surface area contributed by atoms with Gasteiger partial charge in [-0.15, -0.1) is 9.24 Å². The molecule has 1 atom stereocenters. The van der Waals surface area contributed by atoms with Crippen LogP contribution in [0.5, 0.6) is 0 Å². The first kappa shape index (κ1) is 10.4. The van der Waals surface area contributed by atoms with Crippen LogP contribution in [0.4, 0.5) is 0 Å². The van der Waals surface area contributed by atoms with Crippen molar-refractivity contribution in [3.8, 4) is 0 Å². The quantitative estimate of drug-likeness (QED) is 0.690. The number of amides is 1. The maximum Gasteiger partial charge on any atom is 0.247 e. The van der Waals surface area contributed by atoms with Crippen molar-refractivity contribution in [1.29, 1.82) is 0 Å². The Bertz CT molecular complexity index is 408. The molecule has 0 saturated heterocycles. The molecule has 0 N–H and O–H groups in total. The fraction of sp³-hybridized carbons (Fsp3) is 0.250. The molecule has 15 heavy (non-hydrogen) atoms. The molecule has 3 heteroatoms. The highest BCUT2D eigenvalue weighted by Gasteiger charge is 2.18. The Kier molecular flexibility index (Phi) is 2.88. The lowest BCUT2D eigenvalue weighted by atomic mass is 10.2. The van der Waals surface area contributed by atoms with Crippen molar-refractivity contribution < 1.29 is 4.79 Å². The van der Waals surface area contributed by atoms with Gasteiger partial charge in [0.15, 0.2) is 0 Å². The topological polar surface area (TPSA) is 20.3 Å². The molecular weight excluding hydrogens is 205 g/mol.